The van der Waals surface area contributed by atoms with Crippen LogP contribution in [0.2, 0.25) is 0 Å². The summed E-state index contributed by atoms with van der Waals surface area (Å²) < 4.78 is 4.87. The van der Waals surface area contributed by atoms with Gasteiger partial charge in [-0.1, -0.05) is 18.5 Å². The maximum atomic E-state index is 11.6. The number of carboxylic acid groups (broad SMARTS) is 1. The summed E-state index contributed by atoms with van der Waals surface area (Å²) in [4.78, 5) is 26.0. The van der Waals surface area contributed by atoms with Crippen molar-refractivity contribution in [2.24, 2.45) is 5.92 Å². The van der Waals surface area contributed by atoms with Crippen molar-refractivity contribution >= 4 is 12.0 Å². The molecule has 0 saturated carbocycles. The van der Waals surface area contributed by atoms with Gasteiger partial charge in [0.1, 0.15) is 0 Å². The molecule has 0 aliphatic carbocycles. The minimum Gasteiger partial charge on any atom is -0.481 e. The summed E-state index contributed by atoms with van der Waals surface area (Å²) in [5.41, 5.74) is 0. The van der Waals surface area contributed by atoms with E-state index in [0.717, 1.165) is 12.8 Å². The number of amides is 2. The van der Waals surface area contributed by atoms with E-state index < -0.39 is 5.97 Å². The fourth-order valence-electron chi connectivity index (χ4n) is 1.90. The van der Waals surface area contributed by atoms with Crippen LogP contribution in [0.15, 0.2) is 4.52 Å². The standard InChI is InChI=1S/C13H22N4O4/c1-3-10(4-5-12(18)19)6-7-14-13(20)15-8-11-16-9(2)17-21-11/h10H,3-8H2,1-2H3,(H,18,19)(H2,14,15,20). The molecule has 1 aromatic rings. The molecule has 1 atom stereocenters. The highest BCUT2D eigenvalue weighted by Gasteiger charge is 2.10. The van der Waals surface area contributed by atoms with Gasteiger partial charge in [-0.15, -0.1) is 0 Å². The minimum absolute atomic E-state index is 0.168. The van der Waals surface area contributed by atoms with Crippen molar-refractivity contribution in [2.75, 3.05) is 6.54 Å². The Balaban J connectivity index is 2.15. The lowest BCUT2D eigenvalue weighted by atomic mass is 9.97. The van der Waals surface area contributed by atoms with Gasteiger partial charge in [-0.25, -0.2) is 4.79 Å². The first kappa shape index (κ1) is 16.9. The van der Waals surface area contributed by atoms with E-state index in [-0.39, 0.29) is 19.0 Å². The number of aromatic nitrogens is 2. The average molecular weight is 298 g/mol. The number of nitrogens with zero attached hydrogens (tertiary/aromatic N) is 2. The summed E-state index contributed by atoms with van der Waals surface area (Å²) >= 11 is 0. The molecular weight excluding hydrogens is 276 g/mol. The third-order valence-electron chi connectivity index (χ3n) is 3.15. The average Bonchev–Trinajstić information content (AvgIpc) is 2.86. The normalized spacial score (nSPS) is 11.9. The monoisotopic (exact) mass is 298 g/mol. The Hall–Kier alpha value is -2.12. The summed E-state index contributed by atoms with van der Waals surface area (Å²) in [5, 5.41) is 17.6. The fraction of sp³-hybridized carbons (Fsp3) is 0.692. The van der Waals surface area contributed by atoms with Gasteiger partial charge in [0.15, 0.2) is 5.82 Å². The first-order chi connectivity index (χ1) is 10.0. The Bertz CT molecular complexity index is 461. The zero-order valence-electron chi connectivity index (χ0n) is 12.4. The molecule has 0 bridgehead atoms. The van der Waals surface area contributed by atoms with Crippen molar-refractivity contribution < 1.29 is 19.2 Å². The lowest BCUT2D eigenvalue weighted by Crippen LogP contribution is -2.36. The zero-order chi connectivity index (χ0) is 15.7. The SMILES string of the molecule is CCC(CCNC(=O)NCc1nc(C)no1)CCC(=O)O. The maximum absolute atomic E-state index is 11.6. The van der Waals surface area contributed by atoms with Gasteiger partial charge in [0.25, 0.3) is 0 Å². The van der Waals surface area contributed by atoms with Crippen molar-refractivity contribution in [1.82, 2.24) is 20.8 Å². The van der Waals surface area contributed by atoms with Gasteiger partial charge in [-0.2, -0.15) is 4.98 Å². The van der Waals surface area contributed by atoms with E-state index in [1.807, 2.05) is 6.92 Å². The van der Waals surface area contributed by atoms with E-state index in [2.05, 4.69) is 20.8 Å². The van der Waals surface area contributed by atoms with Crippen LogP contribution in [0, 0.1) is 12.8 Å². The maximum Gasteiger partial charge on any atom is 0.315 e. The van der Waals surface area contributed by atoms with Gasteiger partial charge in [-0.05, 0) is 25.7 Å². The van der Waals surface area contributed by atoms with Crippen molar-refractivity contribution in [2.45, 2.75) is 46.1 Å². The van der Waals surface area contributed by atoms with Gasteiger partial charge >= 0.3 is 12.0 Å². The molecule has 0 spiro atoms. The van der Waals surface area contributed by atoms with Crippen LogP contribution in [0.4, 0.5) is 4.79 Å². The number of urea groups is 1. The van der Waals surface area contributed by atoms with E-state index in [1.54, 1.807) is 6.92 Å². The summed E-state index contributed by atoms with van der Waals surface area (Å²) in [5.74, 6) is 0.404. The highest BCUT2D eigenvalue weighted by Crippen LogP contribution is 2.14. The van der Waals surface area contributed by atoms with Crippen LogP contribution in [-0.2, 0) is 11.3 Å². The second kappa shape index (κ2) is 8.93. The molecule has 1 rings (SSSR count). The van der Waals surface area contributed by atoms with Crippen molar-refractivity contribution in [3.8, 4) is 0 Å². The van der Waals surface area contributed by atoms with Gasteiger partial charge in [0, 0.05) is 13.0 Å². The Morgan fingerprint density at radius 2 is 2.10 bits per heavy atom. The number of aryl methyl sites for hydroxylation is 1. The predicted molar refractivity (Wildman–Crippen MR) is 74.5 cm³/mol. The Morgan fingerprint density at radius 3 is 2.67 bits per heavy atom. The van der Waals surface area contributed by atoms with Crippen LogP contribution < -0.4 is 10.6 Å². The molecule has 21 heavy (non-hydrogen) atoms. The number of carbonyl (C=O) groups is 2. The molecule has 118 valence electrons. The molecule has 1 aromatic heterocycles. The Morgan fingerprint density at radius 1 is 1.33 bits per heavy atom. The van der Waals surface area contributed by atoms with E-state index in [9.17, 15) is 9.59 Å². The largest absolute Gasteiger partial charge is 0.481 e. The molecule has 0 aliphatic rings. The smallest absolute Gasteiger partial charge is 0.315 e. The summed E-state index contributed by atoms with van der Waals surface area (Å²) in [7, 11) is 0. The number of rotatable bonds is 9. The van der Waals surface area contributed by atoms with E-state index >= 15 is 0 Å². The van der Waals surface area contributed by atoms with Crippen molar-refractivity contribution in [3.63, 3.8) is 0 Å². The zero-order valence-corrected chi connectivity index (χ0v) is 12.4. The molecule has 8 heteroatoms. The van der Waals surface area contributed by atoms with E-state index in [1.165, 1.54) is 0 Å². The van der Waals surface area contributed by atoms with Gasteiger partial charge in [0.05, 0.1) is 6.54 Å². The molecule has 1 unspecified atom stereocenters. The van der Waals surface area contributed by atoms with E-state index in [0.29, 0.717) is 30.6 Å². The highest BCUT2D eigenvalue weighted by molar-refractivity contribution is 5.73. The molecule has 0 fully saturated rings. The first-order valence-corrected chi connectivity index (χ1v) is 7.04. The predicted octanol–water partition coefficient (Wildman–Crippen LogP) is 1.46. The summed E-state index contributed by atoms with van der Waals surface area (Å²) in [6, 6.07) is -0.307. The molecule has 2 amide bonds. The van der Waals surface area contributed by atoms with Crippen LogP contribution in [0.25, 0.3) is 0 Å². The number of hydrogen-bond donors (Lipinski definition) is 3. The molecule has 3 N–H and O–H groups in total. The number of hydrogen-bond acceptors (Lipinski definition) is 5. The molecular formula is C13H22N4O4. The van der Waals surface area contributed by atoms with Gasteiger partial charge < -0.3 is 20.3 Å². The van der Waals surface area contributed by atoms with Crippen molar-refractivity contribution in [3.05, 3.63) is 11.7 Å². The van der Waals surface area contributed by atoms with Crippen LogP contribution in [0.1, 0.15) is 44.3 Å². The third-order valence-corrected chi connectivity index (χ3v) is 3.15. The summed E-state index contributed by atoms with van der Waals surface area (Å²) in [6.45, 7) is 4.41. The van der Waals surface area contributed by atoms with Gasteiger partial charge in [0.2, 0.25) is 5.89 Å². The number of nitrogens with one attached hydrogen (secondary N) is 2. The van der Waals surface area contributed by atoms with Gasteiger partial charge in [-0.3, -0.25) is 4.79 Å². The van der Waals surface area contributed by atoms with Crippen LogP contribution in [-0.4, -0.2) is 33.8 Å². The minimum atomic E-state index is -0.783. The molecule has 0 radical (unpaired) electrons. The lowest BCUT2D eigenvalue weighted by Gasteiger charge is -2.14. The van der Waals surface area contributed by atoms with E-state index in [4.69, 9.17) is 9.63 Å². The number of carbonyl (C=O) groups excluding carboxylic acids is 1. The van der Waals surface area contributed by atoms with Crippen LogP contribution in [0.3, 0.4) is 0 Å². The van der Waals surface area contributed by atoms with Crippen molar-refractivity contribution in [1.29, 1.82) is 0 Å². The number of carboxylic acids is 1. The van der Waals surface area contributed by atoms with Crippen LogP contribution in [0.5, 0.6) is 0 Å². The molecule has 0 aromatic carbocycles. The lowest BCUT2D eigenvalue weighted by molar-refractivity contribution is -0.137. The first-order valence-electron chi connectivity index (χ1n) is 7.04. The second-order valence-corrected chi connectivity index (χ2v) is 4.84. The molecule has 0 saturated heterocycles. The Labute approximate surface area is 123 Å². The second-order valence-electron chi connectivity index (χ2n) is 4.84. The quantitative estimate of drug-likeness (QED) is 0.635. The van der Waals surface area contributed by atoms with Crippen LogP contribution >= 0.6 is 0 Å². The number of aliphatic carboxylic acids is 1. The molecule has 0 aliphatic heterocycles. The Kier molecular flexibility index (Phi) is 7.20. The summed E-state index contributed by atoms with van der Waals surface area (Å²) in [6.07, 6.45) is 2.46. The third kappa shape index (κ3) is 7.28. The fourth-order valence-corrected chi connectivity index (χ4v) is 1.90. The highest BCUT2D eigenvalue weighted by atomic mass is 16.5. The molecule has 1 heterocycles. The topological polar surface area (TPSA) is 117 Å². The molecule has 8 nitrogen and oxygen atoms in total.